The lowest BCUT2D eigenvalue weighted by molar-refractivity contribution is -0.140. The van der Waals surface area contributed by atoms with Gasteiger partial charge in [0.1, 0.15) is 11.9 Å². The van der Waals surface area contributed by atoms with E-state index in [0.29, 0.717) is 6.07 Å². The van der Waals surface area contributed by atoms with E-state index in [-0.39, 0.29) is 18.0 Å². The van der Waals surface area contributed by atoms with Crippen molar-refractivity contribution >= 4 is 5.97 Å². The van der Waals surface area contributed by atoms with Crippen LogP contribution in [0.3, 0.4) is 0 Å². The second-order valence-electron chi connectivity index (χ2n) is 4.74. The number of benzene rings is 1. The van der Waals surface area contributed by atoms with Crippen molar-refractivity contribution in [2.24, 2.45) is 5.92 Å². The zero-order valence-corrected chi connectivity index (χ0v) is 11.0. The molecule has 3 nitrogen and oxygen atoms in total. The first-order chi connectivity index (χ1) is 9.12. The Hall–Kier alpha value is -1.63. The van der Waals surface area contributed by atoms with Crippen LogP contribution in [-0.4, -0.2) is 17.1 Å². The normalized spacial score (nSPS) is 13.6. The molecular weight excluding hydrogens is 278 g/mol. The molecule has 0 heterocycles. The van der Waals surface area contributed by atoms with Gasteiger partial charge in [-0.15, -0.1) is 0 Å². The standard InChI is InChI=1S/C13H15F4NO2/c1-7(2)11(12(19)20)18-6-8-3-4-9(14)5-10(8)13(15,16)17/h3-5,7,11,18H,6H2,1-2H3,(H,19,20). The fourth-order valence-electron chi connectivity index (χ4n) is 1.79. The number of carbonyl (C=O) groups is 1. The molecule has 0 aliphatic heterocycles. The van der Waals surface area contributed by atoms with Crippen molar-refractivity contribution in [1.82, 2.24) is 5.32 Å². The SMILES string of the molecule is CC(C)C(NCc1ccc(F)cc1C(F)(F)F)C(=O)O. The summed E-state index contributed by atoms with van der Waals surface area (Å²) in [5.41, 5.74) is -1.29. The Balaban J connectivity index is 2.95. The van der Waals surface area contributed by atoms with Gasteiger partial charge in [0.25, 0.3) is 0 Å². The summed E-state index contributed by atoms with van der Waals surface area (Å²) < 4.78 is 51.2. The molecule has 0 bridgehead atoms. The molecule has 7 heteroatoms. The molecule has 1 aromatic rings. The largest absolute Gasteiger partial charge is 0.480 e. The smallest absolute Gasteiger partial charge is 0.416 e. The first-order valence-electron chi connectivity index (χ1n) is 5.94. The van der Waals surface area contributed by atoms with E-state index in [9.17, 15) is 22.4 Å². The van der Waals surface area contributed by atoms with Gasteiger partial charge in [-0.1, -0.05) is 19.9 Å². The molecule has 1 atom stereocenters. The molecule has 0 radical (unpaired) electrons. The number of hydrogen-bond acceptors (Lipinski definition) is 2. The number of aliphatic carboxylic acids is 1. The molecule has 20 heavy (non-hydrogen) atoms. The predicted octanol–water partition coefficient (Wildman–Crippen LogP) is 3.04. The summed E-state index contributed by atoms with van der Waals surface area (Å²) in [5.74, 6) is -2.42. The van der Waals surface area contributed by atoms with Crippen LogP contribution in [0.25, 0.3) is 0 Å². The zero-order valence-electron chi connectivity index (χ0n) is 11.0. The first-order valence-corrected chi connectivity index (χ1v) is 5.94. The quantitative estimate of drug-likeness (QED) is 0.820. The fourth-order valence-corrected chi connectivity index (χ4v) is 1.79. The fraction of sp³-hybridized carbons (Fsp3) is 0.462. The Kier molecular flexibility index (Phi) is 5.10. The summed E-state index contributed by atoms with van der Waals surface area (Å²) in [6.45, 7) is 2.98. The third-order valence-electron chi connectivity index (χ3n) is 2.82. The molecular formula is C13H15F4NO2. The van der Waals surface area contributed by atoms with E-state index in [4.69, 9.17) is 5.11 Å². The lowest BCUT2D eigenvalue weighted by Gasteiger charge is -2.19. The predicted molar refractivity (Wildman–Crippen MR) is 64.5 cm³/mol. The Morgan fingerprint density at radius 2 is 1.95 bits per heavy atom. The molecule has 112 valence electrons. The molecule has 2 N–H and O–H groups in total. The van der Waals surface area contributed by atoms with E-state index in [1.165, 1.54) is 0 Å². The summed E-state index contributed by atoms with van der Waals surface area (Å²) in [6, 6.07) is 1.35. The van der Waals surface area contributed by atoms with Gasteiger partial charge < -0.3 is 10.4 Å². The van der Waals surface area contributed by atoms with Crippen molar-refractivity contribution in [2.75, 3.05) is 0 Å². The number of carboxylic acid groups (broad SMARTS) is 1. The van der Waals surface area contributed by atoms with Gasteiger partial charge in [0.2, 0.25) is 0 Å². The van der Waals surface area contributed by atoms with E-state index in [1.807, 2.05) is 0 Å². The second kappa shape index (κ2) is 6.21. The molecule has 0 saturated carbocycles. The monoisotopic (exact) mass is 293 g/mol. The van der Waals surface area contributed by atoms with Crippen molar-refractivity contribution in [3.8, 4) is 0 Å². The molecule has 1 unspecified atom stereocenters. The highest BCUT2D eigenvalue weighted by Gasteiger charge is 2.34. The summed E-state index contributed by atoms with van der Waals surface area (Å²) in [4.78, 5) is 11.0. The number of rotatable bonds is 5. The maximum atomic E-state index is 12.9. The van der Waals surface area contributed by atoms with Crippen molar-refractivity contribution in [3.63, 3.8) is 0 Å². The van der Waals surface area contributed by atoms with Gasteiger partial charge in [0.05, 0.1) is 5.56 Å². The van der Waals surface area contributed by atoms with E-state index in [2.05, 4.69) is 5.32 Å². The van der Waals surface area contributed by atoms with Crippen molar-refractivity contribution in [3.05, 3.63) is 35.1 Å². The molecule has 0 aliphatic carbocycles. The van der Waals surface area contributed by atoms with Gasteiger partial charge in [0, 0.05) is 6.54 Å². The second-order valence-corrected chi connectivity index (χ2v) is 4.74. The van der Waals surface area contributed by atoms with Gasteiger partial charge in [-0.05, 0) is 23.6 Å². The Labute approximate surface area is 113 Å². The van der Waals surface area contributed by atoms with Crippen LogP contribution in [0.1, 0.15) is 25.0 Å². The molecule has 0 saturated heterocycles. The number of alkyl halides is 3. The summed E-state index contributed by atoms with van der Waals surface area (Å²) in [7, 11) is 0. The Morgan fingerprint density at radius 3 is 2.40 bits per heavy atom. The molecule has 0 fully saturated rings. The Bertz CT molecular complexity index is 486. The van der Waals surface area contributed by atoms with Crippen molar-refractivity contribution in [1.29, 1.82) is 0 Å². The van der Waals surface area contributed by atoms with E-state index in [0.717, 1.165) is 12.1 Å². The van der Waals surface area contributed by atoms with Crippen LogP contribution in [-0.2, 0) is 17.5 Å². The summed E-state index contributed by atoms with van der Waals surface area (Å²) >= 11 is 0. The minimum atomic E-state index is -4.68. The van der Waals surface area contributed by atoms with Crippen LogP contribution >= 0.6 is 0 Å². The number of nitrogens with one attached hydrogen (secondary N) is 1. The van der Waals surface area contributed by atoms with Crippen LogP contribution in [0.2, 0.25) is 0 Å². The average molecular weight is 293 g/mol. The number of hydrogen-bond donors (Lipinski definition) is 2. The third kappa shape index (κ3) is 4.19. The van der Waals surface area contributed by atoms with Crippen LogP contribution in [0.15, 0.2) is 18.2 Å². The van der Waals surface area contributed by atoms with Gasteiger partial charge in [-0.2, -0.15) is 13.2 Å². The van der Waals surface area contributed by atoms with E-state index in [1.54, 1.807) is 13.8 Å². The number of carboxylic acids is 1. The van der Waals surface area contributed by atoms with Crippen molar-refractivity contribution in [2.45, 2.75) is 32.6 Å². The zero-order chi connectivity index (χ0) is 15.5. The van der Waals surface area contributed by atoms with E-state index >= 15 is 0 Å². The Morgan fingerprint density at radius 1 is 1.35 bits per heavy atom. The molecule has 0 spiro atoms. The van der Waals surface area contributed by atoms with Crippen LogP contribution in [0, 0.1) is 11.7 Å². The topological polar surface area (TPSA) is 49.3 Å². The lowest BCUT2D eigenvalue weighted by atomic mass is 10.0. The molecule has 0 amide bonds. The van der Waals surface area contributed by atoms with Crippen LogP contribution in [0.4, 0.5) is 17.6 Å². The van der Waals surface area contributed by atoms with Crippen LogP contribution in [0.5, 0.6) is 0 Å². The highest BCUT2D eigenvalue weighted by atomic mass is 19.4. The average Bonchev–Trinajstić information content (AvgIpc) is 2.28. The summed E-state index contributed by atoms with van der Waals surface area (Å²) in [5, 5.41) is 11.5. The highest BCUT2D eigenvalue weighted by molar-refractivity contribution is 5.73. The highest BCUT2D eigenvalue weighted by Crippen LogP contribution is 2.32. The maximum absolute atomic E-state index is 12.9. The molecule has 0 aromatic heterocycles. The van der Waals surface area contributed by atoms with Crippen molar-refractivity contribution < 1.29 is 27.5 Å². The van der Waals surface area contributed by atoms with Gasteiger partial charge in [-0.25, -0.2) is 4.39 Å². The third-order valence-corrected chi connectivity index (χ3v) is 2.82. The molecule has 0 aliphatic rings. The minimum Gasteiger partial charge on any atom is -0.480 e. The van der Waals surface area contributed by atoms with Gasteiger partial charge >= 0.3 is 12.1 Å². The number of halogens is 4. The molecule has 1 aromatic carbocycles. The first kappa shape index (κ1) is 16.4. The lowest BCUT2D eigenvalue weighted by Crippen LogP contribution is -2.40. The van der Waals surface area contributed by atoms with Crippen LogP contribution < -0.4 is 5.32 Å². The minimum absolute atomic E-state index is 0.189. The van der Waals surface area contributed by atoms with Gasteiger partial charge in [0.15, 0.2) is 0 Å². The molecule has 1 rings (SSSR count). The van der Waals surface area contributed by atoms with Gasteiger partial charge in [-0.3, -0.25) is 4.79 Å². The van der Waals surface area contributed by atoms with E-state index < -0.39 is 29.6 Å². The summed E-state index contributed by atoms with van der Waals surface area (Å²) in [6.07, 6.45) is -4.68. The maximum Gasteiger partial charge on any atom is 0.416 e.